The third kappa shape index (κ3) is 7.42. The zero-order chi connectivity index (χ0) is 17.4. The lowest BCUT2D eigenvalue weighted by molar-refractivity contribution is -0.173. The fourth-order valence-corrected chi connectivity index (χ4v) is 1.96. The molecule has 7 nitrogen and oxygen atoms in total. The van der Waals surface area contributed by atoms with Crippen molar-refractivity contribution in [2.45, 2.75) is 19.1 Å². The van der Waals surface area contributed by atoms with E-state index < -0.39 is 12.8 Å². The van der Waals surface area contributed by atoms with E-state index in [4.69, 9.17) is 0 Å². The molecular formula is C14H20F3IN6O. The molecule has 11 heteroatoms. The Morgan fingerprint density at radius 2 is 2.08 bits per heavy atom. The molecule has 25 heavy (non-hydrogen) atoms. The van der Waals surface area contributed by atoms with Crippen LogP contribution in [0.25, 0.3) is 5.65 Å². The molecule has 0 fully saturated rings. The van der Waals surface area contributed by atoms with Crippen molar-refractivity contribution in [3.05, 3.63) is 30.2 Å². The first kappa shape index (κ1) is 21.4. The molecule has 0 aliphatic carbocycles. The molecule has 0 unspecified atom stereocenters. The van der Waals surface area contributed by atoms with E-state index in [-0.39, 0.29) is 30.6 Å². The van der Waals surface area contributed by atoms with E-state index in [0.717, 1.165) is 11.5 Å². The van der Waals surface area contributed by atoms with Crippen molar-refractivity contribution in [3.63, 3.8) is 0 Å². The van der Waals surface area contributed by atoms with Gasteiger partial charge in [0.1, 0.15) is 6.61 Å². The predicted molar refractivity (Wildman–Crippen MR) is 98.1 cm³/mol. The van der Waals surface area contributed by atoms with Gasteiger partial charge in [-0.05, 0) is 18.6 Å². The number of nitrogens with one attached hydrogen (secondary N) is 2. The van der Waals surface area contributed by atoms with Crippen LogP contribution in [0.2, 0.25) is 0 Å². The van der Waals surface area contributed by atoms with Crippen LogP contribution in [0.3, 0.4) is 0 Å². The Hall–Kier alpha value is -1.63. The number of rotatable bonds is 7. The number of fused-ring (bicyclic) bond motifs is 1. The van der Waals surface area contributed by atoms with Gasteiger partial charge in [-0.15, -0.1) is 34.2 Å². The van der Waals surface area contributed by atoms with Crippen LogP contribution in [0.4, 0.5) is 13.2 Å². The maximum Gasteiger partial charge on any atom is 0.411 e. The van der Waals surface area contributed by atoms with E-state index in [1.807, 2.05) is 28.8 Å². The minimum absolute atomic E-state index is 0. The molecule has 0 radical (unpaired) electrons. The summed E-state index contributed by atoms with van der Waals surface area (Å²) in [5.74, 6) is 1.25. The first-order valence-corrected chi connectivity index (χ1v) is 7.37. The van der Waals surface area contributed by atoms with Crippen LogP contribution in [-0.4, -0.2) is 53.5 Å². The second-order valence-electron chi connectivity index (χ2n) is 4.92. The minimum atomic E-state index is -4.29. The predicted octanol–water partition coefficient (Wildman–Crippen LogP) is 1.98. The van der Waals surface area contributed by atoms with Gasteiger partial charge in [-0.25, -0.2) is 0 Å². The van der Waals surface area contributed by atoms with Gasteiger partial charge in [-0.1, -0.05) is 6.07 Å². The molecule has 2 N–H and O–H groups in total. The summed E-state index contributed by atoms with van der Waals surface area (Å²) in [5, 5.41) is 14.2. The number of alkyl halides is 3. The number of ether oxygens (including phenoxy) is 1. The summed E-state index contributed by atoms with van der Waals surface area (Å²) in [6.45, 7) is -0.341. The molecule has 2 aromatic rings. The molecule has 0 aromatic carbocycles. The molecule has 0 bridgehead atoms. The van der Waals surface area contributed by atoms with Gasteiger partial charge in [0.05, 0.1) is 6.54 Å². The third-order valence-corrected chi connectivity index (χ3v) is 3.05. The van der Waals surface area contributed by atoms with E-state index in [1.165, 1.54) is 0 Å². The standard InChI is InChI=1S/C14H19F3N6O.HI/c1-18-13(19-6-4-8-24-10-14(15,16)17)20-9-12-22-21-11-5-2-3-7-23(11)12;/h2-3,5,7H,4,6,8-10H2,1H3,(H2,18,19,20);1H. The summed E-state index contributed by atoms with van der Waals surface area (Å²) in [7, 11) is 1.61. The maximum absolute atomic E-state index is 11.9. The molecule has 0 saturated heterocycles. The summed E-state index contributed by atoms with van der Waals surface area (Å²) in [4.78, 5) is 4.04. The van der Waals surface area contributed by atoms with Crippen LogP contribution in [0, 0.1) is 0 Å². The second kappa shape index (κ2) is 10.4. The van der Waals surface area contributed by atoms with Crippen LogP contribution in [0.5, 0.6) is 0 Å². The molecule has 0 spiro atoms. The van der Waals surface area contributed by atoms with Gasteiger partial charge >= 0.3 is 6.18 Å². The Morgan fingerprint density at radius 1 is 1.28 bits per heavy atom. The minimum Gasteiger partial charge on any atom is -0.372 e. The quantitative estimate of drug-likeness (QED) is 0.279. The van der Waals surface area contributed by atoms with Crippen LogP contribution < -0.4 is 10.6 Å². The van der Waals surface area contributed by atoms with Crippen molar-refractivity contribution >= 4 is 35.6 Å². The molecule has 0 aliphatic rings. The number of aromatic nitrogens is 3. The number of hydrogen-bond acceptors (Lipinski definition) is 4. The average Bonchev–Trinajstić information content (AvgIpc) is 2.96. The monoisotopic (exact) mass is 472 g/mol. The smallest absolute Gasteiger partial charge is 0.372 e. The zero-order valence-corrected chi connectivity index (χ0v) is 15.9. The van der Waals surface area contributed by atoms with Crippen molar-refractivity contribution in [2.24, 2.45) is 4.99 Å². The van der Waals surface area contributed by atoms with Gasteiger partial charge in [0, 0.05) is 26.4 Å². The highest BCUT2D eigenvalue weighted by Crippen LogP contribution is 2.14. The van der Waals surface area contributed by atoms with E-state index in [2.05, 4.69) is 30.6 Å². The molecule has 2 aromatic heterocycles. The third-order valence-electron chi connectivity index (χ3n) is 3.05. The summed E-state index contributed by atoms with van der Waals surface area (Å²) in [6, 6.07) is 5.61. The van der Waals surface area contributed by atoms with Crippen molar-refractivity contribution in [1.29, 1.82) is 0 Å². The lowest BCUT2D eigenvalue weighted by atomic mass is 10.4. The number of halogens is 4. The molecule has 0 amide bonds. The van der Waals surface area contributed by atoms with Gasteiger partial charge in [-0.3, -0.25) is 9.39 Å². The lowest BCUT2D eigenvalue weighted by Gasteiger charge is -2.11. The highest BCUT2D eigenvalue weighted by Gasteiger charge is 2.27. The topological polar surface area (TPSA) is 75.8 Å². The van der Waals surface area contributed by atoms with Crippen molar-refractivity contribution in [2.75, 3.05) is 26.8 Å². The van der Waals surface area contributed by atoms with E-state index in [1.54, 1.807) is 7.05 Å². The van der Waals surface area contributed by atoms with Crippen molar-refractivity contribution in [1.82, 2.24) is 25.2 Å². The number of pyridine rings is 1. The fraction of sp³-hybridized carbons (Fsp3) is 0.500. The Labute approximate surface area is 160 Å². The van der Waals surface area contributed by atoms with Gasteiger partial charge in [0.15, 0.2) is 17.4 Å². The Morgan fingerprint density at radius 3 is 2.80 bits per heavy atom. The fourth-order valence-electron chi connectivity index (χ4n) is 1.96. The summed E-state index contributed by atoms with van der Waals surface area (Å²) in [5.41, 5.74) is 0.749. The maximum atomic E-state index is 11.9. The number of guanidine groups is 1. The van der Waals surface area contributed by atoms with Crippen LogP contribution in [0.15, 0.2) is 29.4 Å². The second-order valence-corrected chi connectivity index (χ2v) is 4.92. The number of nitrogens with zero attached hydrogens (tertiary/aromatic N) is 4. The summed E-state index contributed by atoms with van der Waals surface area (Å²) >= 11 is 0. The normalized spacial score (nSPS) is 12.1. The highest BCUT2D eigenvalue weighted by atomic mass is 127. The van der Waals surface area contributed by atoms with Gasteiger partial charge < -0.3 is 15.4 Å². The van der Waals surface area contributed by atoms with E-state index in [0.29, 0.717) is 25.5 Å². The Balaban J connectivity index is 0.00000312. The van der Waals surface area contributed by atoms with Crippen LogP contribution >= 0.6 is 24.0 Å². The molecule has 0 saturated carbocycles. The molecule has 2 heterocycles. The van der Waals surface area contributed by atoms with E-state index >= 15 is 0 Å². The largest absolute Gasteiger partial charge is 0.411 e. The lowest BCUT2D eigenvalue weighted by Crippen LogP contribution is -2.38. The van der Waals surface area contributed by atoms with Gasteiger partial charge in [0.25, 0.3) is 0 Å². The molecule has 0 atom stereocenters. The summed E-state index contributed by atoms with van der Waals surface area (Å²) < 4.78 is 42.1. The average molecular weight is 472 g/mol. The Kier molecular flexibility index (Phi) is 8.89. The first-order valence-electron chi connectivity index (χ1n) is 7.37. The Bertz CT molecular complexity index is 676. The van der Waals surface area contributed by atoms with E-state index in [9.17, 15) is 13.2 Å². The highest BCUT2D eigenvalue weighted by molar-refractivity contribution is 14.0. The SMILES string of the molecule is CN=C(NCCCOCC(F)(F)F)NCc1nnc2ccccn12.I. The van der Waals surface area contributed by atoms with Crippen molar-refractivity contribution < 1.29 is 17.9 Å². The summed E-state index contributed by atoms with van der Waals surface area (Å²) in [6.07, 6.45) is -1.99. The van der Waals surface area contributed by atoms with Crippen LogP contribution in [0.1, 0.15) is 12.2 Å². The number of aliphatic imine (C=N–C) groups is 1. The number of hydrogen-bond donors (Lipinski definition) is 2. The van der Waals surface area contributed by atoms with Gasteiger partial charge in [-0.2, -0.15) is 13.2 Å². The molecule has 0 aliphatic heterocycles. The van der Waals surface area contributed by atoms with Crippen LogP contribution in [-0.2, 0) is 11.3 Å². The van der Waals surface area contributed by atoms with Crippen molar-refractivity contribution in [3.8, 4) is 0 Å². The molecule has 2 rings (SSSR count). The van der Waals surface area contributed by atoms with Gasteiger partial charge in [0.2, 0.25) is 0 Å². The molecule has 140 valence electrons. The first-order chi connectivity index (χ1) is 11.5. The molecular weight excluding hydrogens is 452 g/mol. The zero-order valence-electron chi connectivity index (χ0n) is 13.6.